The highest BCUT2D eigenvalue weighted by atomic mass is 35.5. The lowest BCUT2D eigenvalue weighted by Crippen LogP contribution is -2.34. The van der Waals surface area contributed by atoms with Gasteiger partial charge in [0.25, 0.3) is 0 Å². The van der Waals surface area contributed by atoms with Crippen LogP contribution in [0.25, 0.3) is 0 Å². The van der Waals surface area contributed by atoms with E-state index in [0.29, 0.717) is 6.42 Å². The summed E-state index contributed by atoms with van der Waals surface area (Å²) in [6, 6.07) is 0. The molecule has 0 aliphatic heterocycles. The normalized spacial score (nSPS) is 30.8. The van der Waals surface area contributed by atoms with Gasteiger partial charge in [0.15, 0.2) is 0 Å². The van der Waals surface area contributed by atoms with Crippen LogP contribution >= 0.6 is 34.8 Å². The maximum atomic E-state index is 9.15. The second kappa shape index (κ2) is 3.11. The Morgan fingerprint density at radius 3 is 2.36 bits per heavy atom. The van der Waals surface area contributed by atoms with Crippen LogP contribution in [0.1, 0.15) is 12.8 Å². The Balaban J connectivity index is 2.97. The smallest absolute Gasteiger partial charge is 0.201 e. The number of rotatable bonds is 0. The van der Waals surface area contributed by atoms with E-state index in [1.54, 1.807) is 0 Å². The van der Waals surface area contributed by atoms with Gasteiger partial charge in [-0.05, 0) is 6.42 Å². The van der Waals surface area contributed by atoms with Crippen molar-refractivity contribution in [2.45, 2.75) is 24.0 Å². The molecule has 0 aromatic rings. The number of aliphatic hydroxyl groups is 2. The molecule has 2 nitrogen and oxygen atoms in total. The van der Waals surface area contributed by atoms with Crippen LogP contribution in [-0.4, -0.2) is 21.4 Å². The third-order valence-corrected chi connectivity index (χ3v) is 3.19. The minimum atomic E-state index is -1.98. The Hall–Kier alpha value is 0.530. The average molecular weight is 217 g/mol. The van der Waals surface area contributed by atoms with Crippen LogP contribution in [0.2, 0.25) is 0 Å². The third-order valence-electron chi connectivity index (χ3n) is 1.58. The van der Waals surface area contributed by atoms with Crippen LogP contribution in [0.4, 0.5) is 0 Å². The fraction of sp³-hybridized carbons (Fsp3) is 0.667. The summed E-state index contributed by atoms with van der Waals surface area (Å²) in [5.74, 6) is -1.98. The van der Waals surface area contributed by atoms with Gasteiger partial charge < -0.3 is 10.2 Å². The van der Waals surface area contributed by atoms with Crippen molar-refractivity contribution in [3.05, 3.63) is 10.1 Å². The zero-order chi connectivity index (χ0) is 8.65. The molecule has 1 aliphatic rings. The summed E-state index contributed by atoms with van der Waals surface area (Å²) in [6.07, 6.45) is 0.541. The Morgan fingerprint density at radius 2 is 1.91 bits per heavy atom. The van der Waals surface area contributed by atoms with Crippen LogP contribution in [0.5, 0.6) is 0 Å². The number of alkyl halides is 1. The second-order valence-electron chi connectivity index (χ2n) is 2.48. The molecule has 0 amide bonds. The average Bonchev–Trinajstić information content (AvgIpc) is 1.95. The van der Waals surface area contributed by atoms with E-state index in [0.717, 1.165) is 0 Å². The van der Waals surface area contributed by atoms with Crippen LogP contribution < -0.4 is 0 Å². The predicted octanol–water partition coefficient (Wildman–Crippen LogP) is 1.76. The van der Waals surface area contributed by atoms with Crippen molar-refractivity contribution in [3.63, 3.8) is 0 Å². The molecular weight excluding hydrogens is 210 g/mol. The molecule has 1 aliphatic carbocycles. The highest BCUT2D eigenvalue weighted by molar-refractivity contribution is 6.44. The largest absolute Gasteiger partial charge is 0.361 e. The number of hydrogen-bond donors (Lipinski definition) is 2. The van der Waals surface area contributed by atoms with Crippen molar-refractivity contribution in [2.75, 3.05) is 0 Å². The first kappa shape index (κ1) is 9.62. The second-order valence-corrected chi connectivity index (χ2v) is 3.80. The molecule has 64 valence electrons. The summed E-state index contributed by atoms with van der Waals surface area (Å²) in [5.41, 5.74) is 0. The van der Waals surface area contributed by atoms with Crippen LogP contribution in [0.15, 0.2) is 10.1 Å². The lowest BCUT2D eigenvalue weighted by molar-refractivity contribution is -0.130. The molecule has 11 heavy (non-hydrogen) atoms. The monoisotopic (exact) mass is 216 g/mol. The predicted molar refractivity (Wildman–Crippen MR) is 44.8 cm³/mol. The van der Waals surface area contributed by atoms with E-state index in [4.69, 9.17) is 45.0 Å². The molecule has 0 radical (unpaired) electrons. The molecule has 0 aromatic heterocycles. The van der Waals surface area contributed by atoms with E-state index in [2.05, 4.69) is 0 Å². The summed E-state index contributed by atoms with van der Waals surface area (Å²) >= 11 is 16.8. The van der Waals surface area contributed by atoms with Gasteiger partial charge in [0.2, 0.25) is 5.79 Å². The van der Waals surface area contributed by atoms with Gasteiger partial charge in [-0.1, -0.05) is 23.2 Å². The van der Waals surface area contributed by atoms with Gasteiger partial charge >= 0.3 is 0 Å². The molecule has 0 aromatic carbocycles. The maximum Gasteiger partial charge on any atom is 0.201 e. The van der Waals surface area contributed by atoms with Gasteiger partial charge in [-0.15, -0.1) is 11.6 Å². The summed E-state index contributed by atoms with van der Waals surface area (Å²) in [4.78, 5) is 0. The number of hydrogen-bond acceptors (Lipinski definition) is 2. The highest BCUT2D eigenvalue weighted by Crippen LogP contribution is 2.38. The Bertz CT molecular complexity index is 200. The van der Waals surface area contributed by atoms with Gasteiger partial charge in [-0.2, -0.15) is 0 Å². The minimum Gasteiger partial charge on any atom is -0.361 e. The summed E-state index contributed by atoms with van der Waals surface area (Å²) in [6.45, 7) is 0. The minimum absolute atomic E-state index is 0.121. The van der Waals surface area contributed by atoms with Crippen molar-refractivity contribution in [1.29, 1.82) is 0 Å². The quantitative estimate of drug-likeness (QED) is 0.479. The zero-order valence-electron chi connectivity index (χ0n) is 5.52. The molecule has 0 heterocycles. The molecular formula is C6H7Cl3O2. The van der Waals surface area contributed by atoms with Crippen molar-refractivity contribution >= 4 is 34.8 Å². The highest BCUT2D eigenvalue weighted by Gasteiger charge is 2.36. The molecule has 0 spiro atoms. The summed E-state index contributed by atoms with van der Waals surface area (Å²) < 4.78 is 0. The Morgan fingerprint density at radius 1 is 1.36 bits per heavy atom. The lowest BCUT2D eigenvalue weighted by atomic mass is 10.0. The van der Waals surface area contributed by atoms with Gasteiger partial charge in [0, 0.05) is 6.42 Å². The maximum absolute atomic E-state index is 9.15. The molecule has 1 unspecified atom stereocenters. The standard InChI is InChI=1S/C6H7Cl3O2/c7-3-1-2-6(10,11)5(9)4(3)8/h3,10-11H,1-2H2. The molecule has 1 atom stereocenters. The molecule has 0 saturated carbocycles. The lowest BCUT2D eigenvalue weighted by Gasteiger charge is -2.28. The van der Waals surface area contributed by atoms with E-state index in [-0.39, 0.29) is 16.5 Å². The topological polar surface area (TPSA) is 40.5 Å². The van der Waals surface area contributed by atoms with Gasteiger partial charge in [0.05, 0.1) is 15.4 Å². The van der Waals surface area contributed by atoms with Crippen LogP contribution in [0.3, 0.4) is 0 Å². The number of halogens is 3. The van der Waals surface area contributed by atoms with E-state index >= 15 is 0 Å². The fourth-order valence-corrected chi connectivity index (χ4v) is 1.65. The van der Waals surface area contributed by atoms with E-state index in [9.17, 15) is 0 Å². The zero-order valence-corrected chi connectivity index (χ0v) is 7.79. The van der Waals surface area contributed by atoms with E-state index < -0.39 is 11.2 Å². The van der Waals surface area contributed by atoms with Crippen molar-refractivity contribution in [1.82, 2.24) is 0 Å². The van der Waals surface area contributed by atoms with Crippen LogP contribution in [0, 0.1) is 0 Å². The first-order chi connectivity index (χ1) is 4.95. The SMILES string of the molecule is OC1(O)CCC(Cl)C(Cl)=C1Cl. The summed E-state index contributed by atoms with van der Waals surface area (Å²) in [5, 5.41) is 17.9. The van der Waals surface area contributed by atoms with Gasteiger partial charge in [-0.25, -0.2) is 0 Å². The molecule has 0 saturated heterocycles. The Kier molecular flexibility index (Phi) is 2.72. The van der Waals surface area contributed by atoms with Crippen molar-refractivity contribution in [3.8, 4) is 0 Å². The van der Waals surface area contributed by atoms with Gasteiger partial charge in [0.1, 0.15) is 0 Å². The van der Waals surface area contributed by atoms with Crippen molar-refractivity contribution < 1.29 is 10.2 Å². The first-order valence-corrected chi connectivity index (χ1v) is 4.29. The Labute approximate surface area is 79.4 Å². The molecule has 5 heteroatoms. The third kappa shape index (κ3) is 1.82. The summed E-state index contributed by atoms with van der Waals surface area (Å²) in [7, 11) is 0. The molecule has 2 N–H and O–H groups in total. The molecule has 0 fully saturated rings. The van der Waals surface area contributed by atoms with E-state index in [1.807, 2.05) is 0 Å². The van der Waals surface area contributed by atoms with Gasteiger partial charge in [-0.3, -0.25) is 0 Å². The first-order valence-electron chi connectivity index (χ1n) is 3.09. The number of allylic oxidation sites excluding steroid dienone is 1. The van der Waals surface area contributed by atoms with Crippen LogP contribution in [-0.2, 0) is 0 Å². The molecule has 1 rings (SSSR count). The van der Waals surface area contributed by atoms with Crippen molar-refractivity contribution in [2.24, 2.45) is 0 Å². The molecule has 0 bridgehead atoms. The fourth-order valence-electron chi connectivity index (χ4n) is 0.893. The van der Waals surface area contributed by atoms with E-state index in [1.165, 1.54) is 0 Å².